The predicted octanol–water partition coefficient (Wildman–Crippen LogP) is 3.80. The lowest BCUT2D eigenvalue weighted by atomic mass is 10.1. The van der Waals surface area contributed by atoms with Gasteiger partial charge in [-0.15, -0.1) is 0 Å². The highest BCUT2D eigenvalue weighted by atomic mass is 16.5. The van der Waals surface area contributed by atoms with E-state index in [1.54, 1.807) is 7.11 Å². The van der Waals surface area contributed by atoms with Gasteiger partial charge in [-0.1, -0.05) is 30.3 Å². The van der Waals surface area contributed by atoms with Crippen LogP contribution in [0.5, 0.6) is 5.75 Å². The van der Waals surface area contributed by atoms with Gasteiger partial charge in [0.2, 0.25) is 0 Å². The summed E-state index contributed by atoms with van der Waals surface area (Å²) in [5, 5.41) is 6.79. The van der Waals surface area contributed by atoms with E-state index < -0.39 is 0 Å². The lowest BCUT2D eigenvalue weighted by Crippen LogP contribution is -1.92. The minimum Gasteiger partial charge on any atom is -0.497 e. The molecule has 0 saturated heterocycles. The molecule has 4 aromatic rings. The standard InChI is InChI=1S/C18H15N3O/c1-21-18-15(17(20-21)12-6-4-3-5-7-12)10-13-8-9-14(22-2)11-16(13)19-18/h3-11H,1-2H3. The summed E-state index contributed by atoms with van der Waals surface area (Å²) in [6.07, 6.45) is 0. The third-order valence-electron chi connectivity index (χ3n) is 3.86. The van der Waals surface area contributed by atoms with Crippen molar-refractivity contribution >= 4 is 21.9 Å². The van der Waals surface area contributed by atoms with E-state index in [9.17, 15) is 0 Å². The molecule has 2 aromatic carbocycles. The maximum atomic E-state index is 5.28. The molecule has 108 valence electrons. The molecule has 4 rings (SSSR count). The quantitative estimate of drug-likeness (QED) is 0.563. The number of nitrogens with zero attached hydrogens (tertiary/aromatic N) is 3. The van der Waals surface area contributed by atoms with E-state index >= 15 is 0 Å². The van der Waals surface area contributed by atoms with E-state index in [0.29, 0.717) is 0 Å². The second-order valence-corrected chi connectivity index (χ2v) is 5.26. The molecule has 0 radical (unpaired) electrons. The van der Waals surface area contributed by atoms with Gasteiger partial charge in [0.25, 0.3) is 0 Å². The molecular weight excluding hydrogens is 274 g/mol. The van der Waals surface area contributed by atoms with Gasteiger partial charge in [0.15, 0.2) is 5.65 Å². The summed E-state index contributed by atoms with van der Waals surface area (Å²) in [6, 6.07) is 18.3. The maximum Gasteiger partial charge on any atom is 0.158 e. The second-order valence-electron chi connectivity index (χ2n) is 5.26. The molecule has 0 unspecified atom stereocenters. The van der Waals surface area contributed by atoms with Crippen molar-refractivity contribution in [1.29, 1.82) is 0 Å². The van der Waals surface area contributed by atoms with Gasteiger partial charge in [0.05, 0.1) is 12.6 Å². The van der Waals surface area contributed by atoms with E-state index in [1.165, 1.54) is 0 Å². The molecule has 0 aliphatic rings. The van der Waals surface area contributed by atoms with E-state index in [0.717, 1.165) is 38.9 Å². The van der Waals surface area contributed by atoms with Crippen molar-refractivity contribution in [3.05, 3.63) is 54.6 Å². The fraction of sp³-hybridized carbons (Fsp3) is 0.111. The minimum absolute atomic E-state index is 0.810. The summed E-state index contributed by atoms with van der Waals surface area (Å²) in [6.45, 7) is 0. The van der Waals surface area contributed by atoms with Crippen LogP contribution >= 0.6 is 0 Å². The van der Waals surface area contributed by atoms with Gasteiger partial charge in [-0.2, -0.15) is 5.10 Å². The molecule has 0 aliphatic carbocycles. The minimum atomic E-state index is 0.810. The second kappa shape index (κ2) is 4.84. The van der Waals surface area contributed by atoms with Gasteiger partial charge in [-0.05, 0) is 18.2 Å². The van der Waals surface area contributed by atoms with E-state index in [4.69, 9.17) is 9.72 Å². The van der Waals surface area contributed by atoms with Crippen LogP contribution in [0.4, 0.5) is 0 Å². The molecule has 2 aromatic heterocycles. The Hall–Kier alpha value is -2.88. The Morgan fingerprint density at radius 1 is 1.00 bits per heavy atom. The highest BCUT2D eigenvalue weighted by Gasteiger charge is 2.13. The van der Waals surface area contributed by atoms with Crippen molar-refractivity contribution < 1.29 is 4.74 Å². The number of aromatic nitrogens is 3. The molecule has 0 atom stereocenters. The number of benzene rings is 2. The van der Waals surface area contributed by atoms with Crippen LogP contribution in [0.15, 0.2) is 54.6 Å². The average molecular weight is 289 g/mol. The van der Waals surface area contributed by atoms with Gasteiger partial charge < -0.3 is 4.74 Å². The van der Waals surface area contributed by atoms with Crippen LogP contribution in [0, 0.1) is 0 Å². The predicted molar refractivity (Wildman–Crippen MR) is 88.0 cm³/mol. The Morgan fingerprint density at radius 3 is 2.59 bits per heavy atom. The summed E-state index contributed by atoms with van der Waals surface area (Å²) < 4.78 is 7.11. The summed E-state index contributed by atoms with van der Waals surface area (Å²) in [5.74, 6) is 0.810. The molecule has 2 heterocycles. The number of hydrogen-bond acceptors (Lipinski definition) is 3. The fourth-order valence-electron chi connectivity index (χ4n) is 2.75. The van der Waals surface area contributed by atoms with Crippen LogP contribution in [0.1, 0.15) is 0 Å². The Kier molecular flexibility index (Phi) is 2.82. The first kappa shape index (κ1) is 12.8. The molecule has 4 nitrogen and oxygen atoms in total. The summed E-state index contributed by atoms with van der Waals surface area (Å²) in [4.78, 5) is 4.75. The van der Waals surface area contributed by atoms with Crippen molar-refractivity contribution in [2.24, 2.45) is 7.05 Å². The molecule has 0 bridgehead atoms. The molecular formula is C18H15N3O. The van der Waals surface area contributed by atoms with Gasteiger partial charge in [-0.25, -0.2) is 9.67 Å². The number of ether oxygens (including phenoxy) is 1. The Labute approximate surface area is 128 Å². The van der Waals surface area contributed by atoms with Crippen LogP contribution in [0.2, 0.25) is 0 Å². The van der Waals surface area contributed by atoms with Gasteiger partial charge in [0.1, 0.15) is 11.4 Å². The van der Waals surface area contributed by atoms with Crippen LogP contribution < -0.4 is 4.74 Å². The monoisotopic (exact) mass is 289 g/mol. The summed E-state index contributed by atoms with van der Waals surface area (Å²) in [7, 11) is 3.59. The molecule has 0 N–H and O–H groups in total. The zero-order valence-electron chi connectivity index (χ0n) is 12.4. The van der Waals surface area contributed by atoms with Crippen LogP contribution in [-0.2, 0) is 7.05 Å². The van der Waals surface area contributed by atoms with E-state index in [1.807, 2.05) is 48.1 Å². The Morgan fingerprint density at radius 2 is 1.82 bits per heavy atom. The number of pyridine rings is 1. The normalized spacial score (nSPS) is 11.2. The smallest absolute Gasteiger partial charge is 0.158 e. The van der Waals surface area contributed by atoms with Crippen molar-refractivity contribution in [3.63, 3.8) is 0 Å². The van der Waals surface area contributed by atoms with Crippen LogP contribution in [0.25, 0.3) is 33.2 Å². The number of fused-ring (bicyclic) bond motifs is 2. The third-order valence-corrected chi connectivity index (χ3v) is 3.86. The Bertz CT molecular complexity index is 974. The number of methoxy groups -OCH3 is 1. The van der Waals surface area contributed by atoms with E-state index in [2.05, 4.69) is 23.3 Å². The number of hydrogen-bond donors (Lipinski definition) is 0. The van der Waals surface area contributed by atoms with Crippen molar-refractivity contribution in [2.75, 3.05) is 7.11 Å². The highest BCUT2D eigenvalue weighted by Crippen LogP contribution is 2.30. The zero-order chi connectivity index (χ0) is 15.1. The molecule has 0 fully saturated rings. The average Bonchev–Trinajstić information content (AvgIpc) is 2.89. The third kappa shape index (κ3) is 1.92. The molecule has 22 heavy (non-hydrogen) atoms. The molecule has 0 aliphatic heterocycles. The summed E-state index contributed by atoms with van der Waals surface area (Å²) in [5.41, 5.74) is 3.85. The SMILES string of the molecule is COc1ccc2cc3c(-c4ccccc4)nn(C)c3nc2c1. The van der Waals surface area contributed by atoms with Crippen molar-refractivity contribution in [3.8, 4) is 17.0 Å². The first-order valence-electron chi connectivity index (χ1n) is 7.13. The van der Waals surface area contributed by atoms with Crippen LogP contribution in [-0.4, -0.2) is 21.9 Å². The molecule has 0 spiro atoms. The van der Waals surface area contributed by atoms with E-state index in [-0.39, 0.29) is 0 Å². The zero-order valence-corrected chi connectivity index (χ0v) is 12.4. The fourth-order valence-corrected chi connectivity index (χ4v) is 2.75. The van der Waals surface area contributed by atoms with Crippen molar-refractivity contribution in [2.45, 2.75) is 0 Å². The lowest BCUT2D eigenvalue weighted by Gasteiger charge is -2.03. The first-order chi connectivity index (χ1) is 10.8. The van der Waals surface area contributed by atoms with Gasteiger partial charge >= 0.3 is 0 Å². The molecule has 0 amide bonds. The highest BCUT2D eigenvalue weighted by molar-refractivity contribution is 5.99. The van der Waals surface area contributed by atoms with Crippen molar-refractivity contribution in [1.82, 2.24) is 14.8 Å². The van der Waals surface area contributed by atoms with Gasteiger partial charge in [0, 0.05) is 29.4 Å². The molecule has 0 saturated carbocycles. The largest absolute Gasteiger partial charge is 0.497 e. The lowest BCUT2D eigenvalue weighted by molar-refractivity contribution is 0.415. The number of rotatable bonds is 2. The molecule has 4 heteroatoms. The first-order valence-corrected chi connectivity index (χ1v) is 7.13. The van der Waals surface area contributed by atoms with Gasteiger partial charge in [-0.3, -0.25) is 0 Å². The summed E-state index contributed by atoms with van der Waals surface area (Å²) >= 11 is 0. The topological polar surface area (TPSA) is 39.9 Å². The maximum absolute atomic E-state index is 5.28. The number of aryl methyl sites for hydroxylation is 1. The Balaban J connectivity index is 2.03. The van der Waals surface area contributed by atoms with Crippen LogP contribution in [0.3, 0.4) is 0 Å².